The zero-order chi connectivity index (χ0) is 70.5. The Labute approximate surface area is 608 Å². The molecule has 2 fully saturated rings. The lowest BCUT2D eigenvalue weighted by molar-refractivity contribution is -0.738. The van der Waals surface area contributed by atoms with Crippen molar-refractivity contribution < 1.29 is 40.6 Å². The average Bonchev–Trinajstić information content (AvgIpc) is 1.60. The fraction of sp³-hybridized carbons (Fsp3) is 0.302. The zero-order valence-electron chi connectivity index (χ0n) is 57.8. The van der Waals surface area contributed by atoms with E-state index in [1.807, 2.05) is 154 Å². The van der Waals surface area contributed by atoms with Gasteiger partial charge in [0, 0.05) is 54.2 Å². The number of carboxylic acids is 2. The van der Waals surface area contributed by atoms with Gasteiger partial charge in [0.05, 0.1) is 40.0 Å². The highest BCUT2D eigenvalue weighted by Gasteiger charge is 2.45. The third kappa shape index (κ3) is 23.3. The number of rotatable bonds is 31. The van der Waals surface area contributed by atoms with Crippen LogP contribution in [0.15, 0.2) is 218 Å². The van der Waals surface area contributed by atoms with E-state index in [0.717, 1.165) is 143 Å². The number of hydrogen-bond acceptors (Lipinski definition) is 9. The lowest BCUT2D eigenvalue weighted by atomic mass is 9.90. The van der Waals surface area contributed by atoms with E-state index in [9.17, 15) is 30.0 Å². The summed E-state index contributed by atoms with van der Waals surface area (Å²) in [5.41, 5.74) is 13.0. The van der Waals surface area contributed by atoms with Crippen LogP contribution in [-0.2, 0) is 46.7 Å². The molecule has 2 atom stereocenters. The van der Waals surface area contributed by atoms with Crippen molar-refractivity contribution in [1.82, 2.24) is 9.97 Å². The Morgan fingerprint density at radius 1 is 0.510 bits per heavy atom. The summed E-state index contributed by atoms with van der Waals surface area (Å²) >= 11 is 16.0. The van der Waals surface area contributed by atoms with Gasteiger partial charge in [-0.3, -0.25) is 4.79 Å². The summed E-state index contributed by atoms with van der Waals surface area (Å²) < 4.78 is 0. The van der Waals surface area contributed by atoms with Gasteiger partial charge in [-0.2, -0.15) is 23.5 Å². The van der Waals surface area contributed by atoms with E-state index < -0.39 is 23.1 Å². The largest absolute Gasteiger partial charge is 0.550 e. The van der Waals surface area contributed by atoms with Crippen LogP contribution in [-0.4, -0.2) is 61.8 Å². The van der Waals surface area contributed by atoms with Crippen molar-refractivity contribution in [3.8, 4) is 0 Å². The average molecular weight is 1410 g/mol. The number of quaternary nitrogens is 2. The fourth-order valence-electron chi connectivity index (χ4n) is 12.7. The minimum Gasteiger partial charge on any atom is -0.550 e. The molecule has 0 saturated heterocycles. The number of aryl methyl sites for hydroxylation is 2. The summed E-state index contributed by atoms with van der Waals surface area (Å²) in [6.07, 6.45) is 15.8. The molecule has 8 aromatic carbocycles. The van der Waals surface area contributed by atoms with Crippen LogP contribution in [0, 0.1) is 10.8 Å². The van der Waals surface area contributed by atoms with Gasteiger partial charge in [-0.05, 0) is 195 Å². The van der Waals surface area contributed by atoms with Crippen LogP contribution < -0.4 is 15.7 Å². The number of pyridine rings is 2. The number of aliphatic carboxylic acids is 2. The Balaban J connectivity index is 0.000000174. The van der Waals surface area contributed by atoms with Crippen molar-refractivity contribution in [2.45, 2.75) is 127 Å². The molecule has 2 aliphatic carbocycles. The minimum absolute atomic E-state index is 0.0814. The molecule has 14 heteroatoms. The number of carboxylic acid groups (broad SMARTS) is 2. The van der Waals surface area contributed by atoms with Crippen LogP contribution in [0.3, 0.4) is 0 Å². The first-order chi connectivity index (χ1) is 48.1. The Hall–Kier alpha value is -7.88. The summed E-state index contributed by atoms with van der Waals surface area (Å²) in [6, 6.07) is 74.1. The highest BCUT2D eigenvalue weighted by molar-refractivity contribution is 7.99. The first-order valence-electron chi connectivity index (χ1n) is 34.8. The highest BCUT2D eigenvalue weighted by Crippen LogP contribution is 2.54. The molecule has 12 rings (SSSR count). The molecule has 518 valence electrons. The van der Waals surface area contributed by atoms with Gasteiger partial charge in [0.25, 0.3) is 0 Å². The number of fused-ring (bicyclic) bond motifs is 2. The minimum atomic E-state index is -0.963. The number of nitrogens with two attached hydrogens (primary N) is 2. The first kappa shape index (κ1) is 74.8. The summed E-state index contributed by atoms with van der Waals surface area (Å²) in [6.45, 7) is 11.8. The van der Waals surface area contributed by atoms with Crippen molar-refractivity contribution in [3.63, 3.8) is 0 Å². The Kier molecular flexibility index (Phi) is 26.7. The second-order valence-corrected chi connectivity index (χ2v) is 31.2. The van der Waals surface area contributed by atoms with Crippen LogP contribution in [0.4, 0.5) is 0 Å². The molecule has 0 aliphatic heterocycles. The van der Waals surface area contributed by atoms with E-state index >= 15 is 0 Å². The maximum absolute atomic E-state index is 11.5. The maximum atomic E-state index is 11.5. The number of aromatic nitrogens is 2. The number of aliphatic hydroxyl groups is 2. The molecular formula is C86H93Cl2N4O6S2+. The van der Waals surface area contributed by atoms with Crippen LogP contribution in [0.5, 0.6) is 0 Å². The molecule has 7 N–H and O–H groups in total. The van der Waals surface area contributed by atoms with E-state index in [2.05, 4.69) is 150 Å². The number of hydrogen-bond donors (Lipinski definition) is 5. The SMILES string of the molecule is CC(C)(O)c1ccccc1CC[C@@H](SCC1(CC(=O)O)CC1)c1cccc(/C=C/c2ccc3ccc(Cl)cc3n2)c1.CC(C)(O)c1ccccc1CC[C@@H](SCC1(CC(=O)[O-])CC1)c1cccc(/C=C/c2ccc3ccc(Cl)cc3n2)c1.c1ccc(C[NH2+]CC[NH2+]Cc2ccccc2)cc1. The van der Waals surface area contributed by atoms with Crippen molar-refractivity contribution in [2.24, 2.45) is 10.8 Å². The summed E-state index contributed by atoms with van der Waals surface area (Å²) in [5, 5.41) is 50.8. The topological polar surface area (TPSA) is 177 Å². The number of halogens is 2. The summed E-state index contributed by atoms with van der Waals surface area (Å²) in [5.74, 6) is -0.0469. The Morgan fingerprint density at radius 2 is 0.910 bits per heavy atom. The first-order valence-corrected chi connectivity index (χ1v) is 37.7. The molecule has 0 bridgehead atoms. The van der Waals surface area contributed by atoms with Crippen LogP contribution in [0.1, 0.15) is 157 Å². The van der Waals surface area contributed by atoms with Gasteiger partial charge in [0.15, 0.2) is 0 Å². The van der Waals surface area contributed by atoms with E-state index in [1.54, 1.807) is 0 Å². The van der Waals surface area contributed by atoms with Gasteiger partial charge >= 0.3 is 5.97 Å². The van der Waals surface area contributed by atoms with Gasteiger partial charge in [0.2, 0.25) is 0 Å². The van der Waals surface area contributed by atoms with Gasteiger partial charge < -0.3 is 35.9 Å². The predicted molar refractivity (Wildman–Crippen MR) is 414 cm³/mol. The highest BCUT2D eigenvalue weighted by atomic mass is 35.5. The third-order valence-corrected chi connectivity index (χ3v) is 22.5. The Morgan fingerprint density at radius 3 is 1.31 bits per heavy atom. The molecule has 0 spiro atoms. The molecule has 2 saturated carbocycles. The van der Waals surface area contributed by atoms with Crippen LogP contribution in [0.2, 0.25) is 10.0 Å². The lowest BCUT2D eigenvalue weighted by Crippen LogP contribution is -2.93. The van der Waals surface area contributed by atoms with E-state index in [1.165, 1.54) is 35.3 Å². The third-order valence-electron chi connectivity index (χ3n) is 18.7. The molecule has 0 unspecified atom stereocenters. The molecule has 10 nitrogen and oxygen atoms in total. The Bertz CT molecular complexity index is 4110. The van der Waals surface area contributed by atoms with Gasteiger partial charge in [0.1, 0.15) is 26.2 Å². The van der Waals surface area contributed by atoms with Crippen molar-refractivity contribution in [2.75, 3.05) is 24.6 Å². The summed E-state index contributed by atoms with van der Waals surface area (Å²) in [4.78, 5) is 32.3. The second kappa shape index (κ2) is 35.6. The van der Waals surface area contributed by atoms with E-state index in [-0.39, 0.29) is 34.2 Å². The maximum Gasteiger partial charge on any atom is 0.303 e. The molecular weight excluding hydrogens is 1320 g/mol. The second-order valence-electron chi connectivity index (χ2n) is 27.9. The standard InChI is InChI=1S/2C35H36ClNO3S.C16H20N2/c2*1-34(2,40)30-9-4-3-7-25(30)13-17-32(41-23-35(18-19-35)22-33(38)39)27-8-5-6-24(20-27)10-15-29-16-12-26-11-14-28(36)21-31(26)37-29;1-3-7-15(8-4-1)13-17-11-12-18-14-16-9-5-2-6-10-16/h2*3-12,14-16,20-21,32,40H,13,17-19,22-23H2,1-2H3,(H,38,39);1-10,17-18H,11-14H2/p+1/b2*15-10+;/t2*32-;/m11./s1. The monoisotopic (exact) mass is 1410 g/mol. The van der Waals surface area contributed by atoms with Crippen LogP contribution in [0.25, 0.3) is 46.1 Å². The molecule has 0 radical (unpaired) electrons. The quantitative estimate of drug-likeness (QED) is 0.0263. The number of carbonyl (C=O) groups is 2. The summed E-state index contributed by atoms with van der Waals surface area (Å²) in [7, 11) is 0. The predicted octanol–water partition coefficient (Wildman–Crippen LogP) is 17.1. The zero-order valence-corrected chi connectivity index (χ0v) is 60.9. The molecule has 2 aromatic heterocycles. The van der Waals surface area contributed by atoms with Crippen molar-refractivity contribution in [3.05, 3.63) is 295 Å². The van der Waals surface area contributed by atoms with Crippen molar-refractivity contribution in [1.29, 1.82) is 0 Å². The number of benzene rings is 8. The van der Waals surface area contributed by atoms with E-state index in [4.69, 9.17) is 33.2 Å². The van der Waals surface area contributed by atoms with Gasteiger partial charge in [-0.15, -0.1) is 0 Å². The fourth-order valence-corrected chi connectivity index (χ4v) is 16.2. The molecule has 2 aliphatic rings. The van der Waals surface area contributed by atoms with Gasteiger partial charge in [-0.1, -0.05) is 217 Å². The smallest absolute Gasteiger partial charge is 0.303 e. The van der Waals surface area contributed by atoms with E-state index in [0.29, 0.717) is 10.0 Å². The van der Waals surface area contributed by atoms with Gasteiger partial charge in [-0.25, -0.2) is 9.97 Å². The molecule has 100 heavy (non-hydrogen) atoms. The number of nitrogens with zero attached hydrogens (tertiary/aromatic N) is 2. The normalized spacial score (nSPS) is 14.4. The molecule has 10 aromatic rings. The molecule has 0 amide bonds. The lowest BCUT2D eigenvalue weighted by Gasteiger charge is -2.24. The number of carbonyl (C=O) groups excluding carboxylic acids is 1. The molecule has 2 heterocycles. The number of thioether (sulfide) groups is 2. The van der Waals surface area contributed by atoms with Crippen molar-refractivity contribution >= 4 is 105 Å². The van der Waals surface area contributed by atoms with Crippen LogP contribution >= 0.6 is 46.7 Å².